The molecule has 1 saturated carbocycles. The maximum absolute atomic E-state index is 17.3. The molecule has 0 amide bonds. The van der Waals surface area contributed by atoms with Crippen molar-refractivity contribution in [1.82, 2.24) is 30.0 Å². The van der Waals surface area contributed by atoms with E-state index in [2.05, 4.69) is 15.1 Å². The molecule has 3 aliphatic heterocycles. The van der Waals surface area contributed by atoms with Crippen molar-refractivity contribution in [2.75, 3.05) is 71.2 Å². The van der Waals surface area contributed by atoms with E-state index in [-0.39, 0.29) is 41.7 Å². The second kappa shape index (κ2) is 13.7. The van der Waals surface area contributed by atoms with E-state index in [9.17, 15) is 5.11 Å². The zero-order valence-electron chi connectivity index (χ0n) is 30.3. The molecule has 274 valence electrons. The Hall–Kier alpha value is -3.65. The number of aromatic nitrogens is 5. The number of rotatable bonds is 8. The van der Waals surface area contributed by atoms with Crippen LogP contribution in [0.1, 0.15) is 63.0 Å². The van der Waals surface area contributed by atoms with Crippen molar-refractivity contribution >= 4 is 27.6 Å². The molecule has 3 saturated heterocycles. The first-order valence-corrected chi connectivity index (χ1v) is 18.5. The van der Waals surface area contributed by atoms with Gasteiger partial charge >= 0.3 is 6.01 Å². The first-order chi connectivity index (χ1) is 24.7. The third-order valence-corrected chi connectivity index (χ3v) is 11.9. The molecule has 51 heavy (non-hydrogen) atoms. The summed E-state index contributed by atoms with van der Waals surface area (Å²) in [5.41, 5.74) is 2.28. The van der Waals surface area contributed by atoms with Gasteiger partial charge < -0.3 is 29.0 Å². The summed E-state index contributed by atoms with van der Waals surface area (Å²) in [4.78, 5) is 19.2. The Labute approximate surface area is 298 Å². The first-order valence-electron chi connectivity index (χ1n) is 18.5. The number of hydrogen-bond donors (Lipinski definition) is 2. The number of fused-ring (bicyclic) bond motifs is 3. The van der Waals surface area contributed by atoms with Crippen molar-refractivity contribution < 1.29 is 28.4 Å². The predicted octanol–water partition coefficient (Wildman–Crippen LogP) is 5.36. The van der Waals surface area contributed by atoms with Crippen LogP contribution < -0.4 is 14.4 Å². The fourth-order valence-corrected chi connectivity index (χ4v) is 9.23. The number of halogens is 1. The van der Waals surface area contributed by atoms with Crippen molar-refractivity contribution in [3.05, 3.63) is 29.2 Å². The molecule has 1 aliphatic carbocycles. The van der Waals surface area contributed by atoms with Crippen LogP contribution in [0.2, 0.25) is 0 Å². The minimum atomic E-state index is -1.16. The Balaban J connectivity index is 1.22. The largest absolute Gasteiger partial charge is 0.480 e. The second-order valence-corrected chi connectivity index (χ2v) is 15.5. The number of β-amino-alcohol motifs (C(OH)–C–C–N with tert-alkyl or cyclic N) is 1. The van der Waals surface area contributed by atoms with Gasteiger partial charge in [-0.1, -0.05) is 6.42 Å². The third-order valence-electron chi connectivity index (χ3n) is 11.9. The maximum Gasteiger partial charge on any atom is 0.319 e. The Morgan fingerprint density at radius 3 is 2.71 bits per heavy atom. The number of pyridine rings is 1. The highest BCUT2D eigenvalue weighted by Crippen LogP contribution is 2.49. The first kappa shape index (κ1) is 34.4. The normalized spacial score (nSPS) is 26.5. The van der Waals surface area contributed by atoms with E-state index in [1.165, 1.54) is 7.11 Å². The van der Waals surface area contributed by atoms with Gasteiger partial charge in [0.25, 0.3) is 0 Å². The van der Waals surface area contributed by atoms with E-state index >= 15 is 4.39 Å². The standard InChI is InChI=1S/C38H50FN7O5/c1-23-17-27-26(18-40-44-27)29(24(23)2)32-31(39)33-30(35(41-32)48-4)34(46-13-16-50-21-37(3,47)20-46)43-36(42-33)51-22-38-10-5-7-28(38)45(12-6-11-38)19-25-8-14-49-15-9-25/h17-18,25,28,47H,5-16,19-22H2,1-4H3,(H,40,44)/t28-,37+,38-/m1/s1. The SMILES string of the molecule is COc1nc(-c2c(C)c(C)cc3[nH]ncc23)c(F)c2nc(OC[C@]34CCC[C@H]3N(CC3CCOCC3)CCC4)nc(N3CCOC[C@@](C)(O)C3)c12. The molecule has 3 aromatic heterocycles. The fourth-order valence-electron chi connectivity index (χ4n) is 9.23. The summed E-state index contributed by atoms with van der Waals surface area (Å²) in [7, 11) is 1.52. The molecule has 3 atom stereocenters. The average molecular weight is 704 g/mol. The Bertz CT molecular complexity index is 1910. The zero-order valence-corrected chi connectivity index (χ0v) is 30.3. The van der Waals surface area contributed by atoms with Gasteiger partial charge in [0.05, 0.1) is 45.2 Å². The maximum atomic E-state index is 17.3. The van der Waals surface area contributed by atoms with Crippen molar-refractivity contribution in [1.29, 1.82) is 0 Å². The van der Waals surface area contributed by atoms with Crippen LogP contribution in [0.15, 0.2) is 12.3 Å². The van der Waals surface area contributed by atoms with Crippen LogP contribution in [0.25, 0.3) is 33.1 Å². The van der Waals surface area contributed by atoms with Crippen molar-refractivity contribution in [3.8, 4) is 23.1 Å². The third kappa shape index (κ3) is 6.40. The van der Waals surface area contributed by atoms with Gasteiger partial charge in [0.15, 0.2) is 5.82 Å². The Kier molecular flexibility index (Phi) is 9.26. The van der Waals surface area contributed by atoms with Crippen LogP contribution in [0.5, 0.6) is 11.9 Å². The van der Waals surface area contributed by atoms with Gasteiger partial charge in [-0.3, -0.25) is 10.00 Å². The van der Waals surface area contributed by atoms with Gasteiger partial charge in [0, 0.05) is 48.7 Å². The molecule has 4 fully saturated rings. The molecule has 12 nitrogen and oxygen atoms in total. The minimum absolute atomic E-state index is 0.0206. The van der Waals surface area contributed by atoms with Crippen LogP contribution in [-0.2, 0) is 9.47 Å². The fraction of sp³-hybridized carbons (Fsp3) is 0.632. The van der Waals surface area contributed by atoms with Gasteiger partial charge in [-0.25, -0.2) is 9.37 Å². The summed E-state index contributed by atoms with van der Waals surface area (Å²) in [6.45, 7) is 11.2. The number of ether oxygens (including phenoxy) is 4. The van der Waals surface area contributed by atoms with Crippen LogP contribution >= 0.6 is 0 Å². The lowest BCUT2D eigenvalue weighted by Crippen LogP contribution is -2.53. The number of hydrogen-bond acceptors (Lipinski definition) is 11. The van der Waals surface area contributed by atoms with Crippen LogP contribution in [0.4, 0.5) is 10.2 Å². The number of likely N-dealkylation sites (tertiary alicyclic amines) is 1. The van der Waals surface area contributed by atoms with E-state index in [4.69, 9.17) is 33.9 Å². The quantitative estimate of drug-likeness (QED) is 0.246. The van der Waals surface area contributed by atoms with Crippen LogP contribution in [0.3, 0.4) is 0 Å². The molecule has 0 radical (unpaired) electrons. The number of aromatic amines is 1. The van der Waals surface area contributed by atoms with Gasteiger partial charge in [0.2, 0.25) is 5.88 Å². The van der Waals surface area contributed by atoms with Gasteiger partial charge in [-0.05, 0) is 89.0 Å². The smallest absolute Gasteiger partial charge is 0.319 e. The lowest BCUT2D eigenvalue weighted by molar-refractivity contribution is -0.0203. The summed E-state index contributed by atoms with van der Waals surface area (Å²) >= 11 is 0. The number of aryl methyl sites for hydroxylation is 1. The lowest BCUT2D eigenvalue weighted by atomic mass is 9.75. The number of benzene rings is 1. The average Bonchev–Trinajstić information content (AvgIpc) is 3.73. The summed E-state index contributed by atoms with van der Waals surface area (Å²) in [5, 5.41) is 19.5. The van der Waals surface area contributed by atoms with Gasteiger partial charge in [-0.15, -0.1) is 0 Å². The number of H-pyrrole nitrogens is 1. The molecule has 8 rings (SSSR count). The number of aliphatic hydroxyl groups is 1. The number of nitrogens with zero attached hydrogens (tertiary/aromatic N) is 6. The van der Waals surface area contributed by atoms with Crippen molar-refractivity contribution in [3.63, 3.8) is 0 Å². The van der Waals surface area contributed by atoms with Gasteiger partial charge in [0.1, 0.15) is 28.0 Å². The van der Waals surface area contributed by atoms with E-state index < -0.39 is 11.4 Å². The molecule has 6 heterocycles. The number of methoxy groups -OCH3 is 1. The number of piperidine rings is 1. The molecule has 13 heteroatoms. The summed E-state index contributed by atoms with van der Waals surface area (Å²) in [6.07, 6.45) is 9.53. The molecule has 0 unspecified atom stereocenters. The van der Waals surface area contributed by atoms with Crippen LogP contribution in [0, 0.1) is 31.0 Å². The second-order valence-electron chi connectivity index (χ2n) is 15.5. The van der Waals surface area contributed by atoms with Crippen LogP contribution in [-0.4, -0.2) is 113 Å². The monoisotopic (exact) mass is 703 g/mol. The van der Waals surface area contributed by atoms with E-state index in [0.29, 0.717) is 48.5 Å². The van der Waals surface area contributed by atoms with E-state index in [0.717, 1.165) is 93.3 Å². The topological polar surface area (TPSA) is 131 Å². The van der Waals surface area contributed by atoms with E-state index in [1.54, 1.807) is 13.1 Å². The Morgan fingerprint density at radius 1 is 1.06 bits per heavy atom. The zero-order chi connectivity index (χ0) is 35.3. The highest BCUT2D eigenvalue weighted by molar-refractivity contribution is 6.01. The number of nitrogens with one attached hydrogen (secondary N) is 1. The number of anilines is 1. The predicted molar refractivity (Wildman–Crippen MR) is 192 cm³/mol. The molecule has 4 aliphatic rings. The summed E-state index contributed by atoms with van der Waals surface area (Å²) in [6, 6.07) is 2.54. The molecule has 0 bridgehead atoms. The molecule has 2 N–H and O–H groups in total. The molecular formula is C38H50FN7O5. The Morgan fingerprint density at radius 2 is 1.88 bits per heavy atom. The van der Waals surface area contributed by atoms with Gasteiger partial charge in [-0.2, -0.15) is 15.1 Å². The highest BCUT2D eigenvalue weighted by atomic mass is 19.1. The molecular weight excluding hydrogens is 653 g/mol. The minimum Gasteiger partial charge on any atom is -0.480 e. The lowest BCUT2D eigenvalue weighted by Gasteiger charge is -2.47. The summed E-state index contributed by atoms with van der Waals surface area (Å²) in [5.74, 6) is 0.662. The molecule has 0 spiro atoms. The summed E-state index contributed by atoms with van der Waals surface area (Å²) < 4.78 is 41.2. The van der Waals surface area contributed by atoms with Crippen molar-refractivity contribution in [2.24, 2.45) is 11.3 Å². The highest BCUT2D eigenvalue weighted by Gasteiger charge is 2.49. The van der Waals surface area contributed by atoms with E-state index in [1.807, 2.05) is 24.8 Å². The molecule has 4 aromatic rings. The molecule has 1 aromatic carbocycles. The van der Waals surface area contributed by atoms with Crippen molar-refractivity contribution in [2.45, 2.75) is 77.4 Å².